The summed E-state index contributed by atoms with van der Waals surface area (Å²) in [6.07, 6.45) is 1.73. The van der Waals surface area contributed by atoms with Crippen LogP contribution in [-0.2, 0) is 15.9 Å². The monoisotopic (exact) mass is 310 g/mol. The van der Waals surface area contributed by atoms with Gasteiger partial charge in [-0.05, 0) is 6.42 Å². The molecule has 3 N–H and O–H groups in total. The fourth-order valence-corrected chi connectivity index (χ4v) is 4.05. The molecule has 0 unspecified atom stereocenters. The molecule has 21 heavy (non-hydrogen) atoms. The lowest BCUT2D eigenvalue weighted by molar-refractivity contribution is 0.0395. The Balaban J connectivity index is 1.43. The summed E-state index contributed by atoms with van der Waals surface area (Å²) in [4.78, 5) is 17.7. The van der Waals surface area contributed by atoms with E-state index >= 15 is 0 Å². The molecule has 2 saturated heterocycles. The first-order chi connectivity index (χ1) is 10.3. The van der Waals surface area contributed by atoms with E-state index in [0.717, 1.165) is 25.1 Å². The van der Waals surface area contributed by atoms with Crippen molar-refractivity contribution in [1.29, 1.82) is 0 Å². The number of rotatable bonds is 2. The summed E-state index contributed by atoms with van der Waals surface area (Å²) in [5.74, 6) is 0. The Labute approximate surface area is 126 Å². The molecular formula is C13H18N4O3S. The number of ether oxygens (including phenoxy) is 2. The van der Waals surface area contributed by atoms with Gasteiger partial charge in [0.1, 0.15) is 0 Å². The third-order valence-corrected chi connectivity index (χ3v) is 5.14. The minimum Gasteiger partial charge on any atom is -0.379 e. The van der Waals surface area contributed by atoms with E-state index in [0.29, 0.717) is 31.0 Å². The number of fused-ring (bicyclic) bond motifs is 4. The summed E-state index contributed by atoms with van der Waals surface area (Å²) < 4.78 is 10.8. The van der Waals surface area contributed by atoms with Crippen LogP contribution in [0, 0.1) is 0 Å². The van der Waals surface area contributed by atoms with Gasteiger partial charge < -0.3 is 20.1 Å². The standard InChI is InChI=1S/C13H18N4O3S/c18-12(15-7-1-2-19-4-7)17-13-16-9-3-8-5-20-6-10(14-8)11(9)21-13/h7-8,10,14H,1-6H2,(H2,15,16,17,18)/t7-,8+,10+/m1/s1. The van der Waals surface area contributed by atoms with Gasteiger partial charge in [0.25, 0.3) is 0 Å². The topological polar surface area (TPSA) is 84.5 Å². The zero-order valence-corrected chi connectivity index (χ0v) is 12.4. The first kappa shape index (κ1) is 13.4. The average molecular weight is 310 g/mol. The Kier molecular flexibility index (Phi) is 3.54. The normalized spacial score (nSPS) is 30.8. The quantitative estimate of drug-likeness (QED) is 0.746. The number of carbonyl (C=O) groups excluding carboxylic acids is 1. The SMILES string of the molecule is O=C(Nc1nc2c(s1)[C@@H]1COC[C@H](C2)N1)N[C@@H]1CCOC1. The van der Waals surface area contributed by atoms with Gasteiger partial charge in [0, 0.05) is 23.9 Å². The number of nitrogens with zero attached hydrogens (tertiary/aromatic N) is 1. The van der Waals surface area contributed by atoms with Gasteiger partial charge in [-0.3, -0.25) is 5.32 Å². The number of thiazole rings is 1. The second-order valence-corrected chi connectivity index (χ2v) is 6.68. The maximum atomic E-state index is 12.0. The molecule has 2 fully saturated rings. The number of urea groups is 1. The lowest BCUT2D eigenvalue weighted by atomic mass is 10.0. The van der Waals surface area contributed by atoms with Gasteiger partial charge in [0.2, 0.25) is 0 Å². The van der Waals surface area contributed by atoms with Crippen molar-refractivity contribution in [3.8, 4) is 0 Å². The van der Waals surface area contributed by atoms with Crippen molar-refractivity contribution < 1.29 is 14.3 Å². The highest BCUT2D eigenvalue weighted by Gasteiger charge is 2.33. The van der Waals surface area contributed by atoms with Crippen LogP contribution in [0.2, 0.25) is 0 Å². The van der Waals surface area contributed by atoms with Crippen molar-refractivity contribution >= 4 is 22.5 Å². The van der Waals surface area contributed by atoms with Gasteiger partial charge in [-0.25, -0.2) is 9.78 Å². The minimum absolute atomic E-state index is 0.105. The van der Waals surface area contributed by atoms with E-state index in [1.165, 1.54) is 16.2 Å². The van der Waals surface area contributed by atoms with Crippen LogP contribution in [0.3, 0.4) is 0 Å². The van der Waals surface area contributed by atoms with Gasteiger partial charge in [0.05, 0.1) is 37.6 Å². The van der Waals surface area contributed by atoms with Crippen LogP contribution in [-0.4, -0.2) is 49.5 Å². The molecular weight excluding hydrogens is 292 g/mol. The fourth-order valence-electron chi connectivity index (χ4n) is 3.01. The smallest absolute Gasteiger partial charge is 0.321 e. The molecule has 1 aromatic rings. The summed E-state index contributed by atoms with van der Waals surface area (Å²) in [5, 5.41) is 9.94. The second-order valence-electron chi connectivity index (χ2n) is 5.65. The van der Waals surface area contributed by atoms with Crippen LogP contribution in [0.4, 0.5) is 9.93 Å². The van der Waals surface area contributed by atoms with Crippen LogP contribution < -0.4 is 16.0 Å². The van der Waals surface area contributed by atoms with E-state index in [9.17, 15) is 4.79 Å². The number of carbonyl (C=O) groups is 1. The number of hydrogen-bond donors (Lipinski definition) is 3. The average Bonchev–Trinajstić information content (AvgIpc) is 3.08. The molecule has 4 rings (SSSR count). The highest BCUT2D eigenvalue weighted by atomic mass is 32.1. The van der Waals surface area contributed by atoms with Gasteiger partial charge in [-0.1, -0.05) is 11.3 Å². The summed E-state index contributed by atoms with van der Waals surface area (Å²) in [7, 11) is 0. The molecule has 4 heterocycles. The molecule has 3 aliphatic heterocycles. The minimum atomic E-state index is -0.205. The molecule has 2 amide bonds. The predicted molar refractivity (Wildman–Crippen MR) is 77.7 cm³/mol. The predicted octanol–water partition coefficient (Wildman–Crippen LogP) is 0.639. The Morgan fingerprint density at radius 1 is 1.33 bits per heavy atom. The lowest BCUT2D eigenvalue weighted by Crippen LogP contribution is -2.48. The molecule has 0 aromatic carbocycles. The van der Waals surface area contributed by atoms with Crippen molar-refractivity contribution in [2.45, 2.75) is 31.0 Å². The van der Waals surface area contributed by atoms with Crippen molar-refractivity contribution in [2.24, 2.45) is 0 Å². The van der Waals surface area contributed by atoms with Gasteiger partial charge in [-0.15, -0.1) is 0 Å². The molecule has 0 saturated carbocycles. The third kappa shape index (κ3) is 2.76. The zero-order valence-electron chi connectivity index (χ0n) is 11.6. The molecule has 114 valence electrons. The Hall–Kier alpha value is -1.22. The summed E-state index contributed by atoms with van der Waals surface area (Å²) in [6, 6.07) is 0.458. The van der Waals surface area contributed by atoms with Crippen LogP contribution >= 0.6 is 11.3 Å². The van der Waals surface area contributed by atoms with E-state index in [2.05, 4.69) is 20.9 Å². The number of morpholine rings is 1. The Morgan fingerprint density at radius 2 is 2.29 bits per heavy atom. The lowest BCUT2D eigenvalue weighted by Gasteiger charge is -2.34. The van der Waals surface area contributed by atoms with Crippen molar-refractivity contribution in [1.82, 2.24) is 15.6 Å². The summed E-state index contributed by atoms with van der Waals surface area (Å²) in [6.45, 7) is 2.72. The number of hydrogen-bond acceptors (Lipinski definition) is 6. The number of amides is 2. The number of anilines is 1. The van der Waals surface area contributed by atoms with Crippen LogP contribution in [0.5, 0.6) is 0 Å². The van der Waals surface area contributed by atoms with Gasteiger partial charge in [-0.2, -0.15) is 0 Å². The molecule has 0 radical (unpaired) electrons. The number of nitrogens with one attached hydrogen (secondary N) is 3. The molecule has 1 aromatic heterocycles. The number of aromatic nitrogens is 1. The molecule has 7 nitrogen and oxygen atoms in total. The third-order valence-electron chi connectivity index (χ3n) is 4.01. The second kappa shape index (κ2) is 5.53. The van der Waals surface area contributed by atoms with Crippen LogP contribution in [0.15, 0.2) is 0 Å². The van der Waals surface area contributed by atoms with Crippen LogP contribution in [0.1, 0.15) is 23.0 Å². The Bertz CT molecular complexity index is 544. The van der Waals surface area contributed by atoms with Crippen molar-refractivity contribution in [3.05, 3.63) is 10.6 Å². The largest absolute Gasteiger partial charge is 0.379 e. The molecule has 2 bridgehead atoms. The zero-order chi connectivity index (χ0) is 14.2. The van der Waals surface area contributed by atoms with Crippen LogP contribution in [0.25, 0.3) is 0 Å². The highest BCUT2D eigenvalue weighted by molar-refractivity contribution is 7.16. The van der Waals surface area contributed by atoms with Gasteiger partial charge in [0.15, 0.2) is 5.13 Å². The summed E-state index contributed by atoms with van der Waals surface area (Å²) in [5.41, 5.74) is 1.09. The molecule has 0 spiro atoms. The maximum absolute atomic E-state index is 12.0. The first-order valence-electron chi connectivity index (χ1n) is 7.26. The molecule has 3 aliphatic rings. The molecule has 8 heteroatoms. The van der Waals surface area contributed by atoms with E-state index in [1.807, 2.05) is 0 Å². The molecule has 3 atom stereocenters. The highest BCUT2D eigenvalue weighted by Crippen LogP contribution is 2.35. The maximum Gasteiger partial charge on any atom is 0.321 e. The Morgan fingerprint density at radius 3 is 3.14 bits per heavy atom. The van der Waals surface area contributed by atoms with E-state index in [4.69, 9.17) is 9.47 Å². The summed E-state index contributed by atoms with van der Waals surface area (Å²) >= 11 is 1.53. The van der Waals surface area contributed by atoms with Gasteiger partial charge >= 0.3 is 6.03 Å². The van der Waals surface area contributed by atoms with E-state index in [1.54, 1.807) is 0 Å². The first-order valence-corrected chi connectivity index (χ1v) is 8.08. The molecule has 0 aliphatic carbocycles. The van der Waals surface area contributed by atoms with E-state index < -0.39 is 0 Å². The van der Waals surface area contributed by atoms with E-state index in [-0.39, 0.29) is 18.1 Å². The van der Waals surface area contributed by atoms with Crippen molar-refractivity contribution in [3.63, 3.8) is 0 Å². The fraction of sp³-hybridized carbons (Fsp3) is 0.692. The van der Waals surface area contributed by atoms with Crippen molar-refractivity contribution in [2.75, 3.05) is 31.7 Å².